The molecule has 0 bridgehead atoms. The van der Waals surface area contributed by atoms with E-state index in [9.17, 15) is 15.3 Å². The number of anilines is 1. The molecule has 1 aromatic rings. The van der Waals surface area contributed by atoms with E-state index in [4.69, 9.17) is 36.1 Å². The molecule has 11 heteroatoms. The van der Waals surface area contributed by atoms with Gasteiger partial charge in [0.2, 0.25) is 6.29 Å². The summed E-state index contributed by atoms with van der Waals surface area (Å²) in [4.78, 5) is 0. The van der Waals surface area contributed by atoms with Crippen LogP contribution in [0.2, 0.25) is 0 Å². The van der Waals surface area contributed by atoms with E-state index in [-0.39, 0.29) is 24.5 Å². The zero-order valence-corrected chi connectivity index (χ0v) is 24.2. The molecule has 3 unspecified atom stereocenters. The topological polar surface area (TPSA) is 188 Å². The third-order valence-electron chi connectivity index (χ3n) is 8.68. The molecule has 2 fully saturated rings. The second-order valence-electron chi connectivity index (χ2n) is 11.9. The number of hydrogen-bond donors (Lipinski definition) is 7. The number of nitrogens with two attached hydrogens (primary N) is 3. The van der Waals surface area contributed by atoms with E-state index in [0.717, 1.165) is 5.56 Å². The Balaban J connectivity index is 1.28. The van der Waals surface area contributed by atoms with E-state index < -0.39 is 42.3 Å². The summed E-state index contributed by atoms with van der Waals surface area (Å²) in [5.74, 6) is 0.366. The van der Waals surface area contributed by atoms with Gasteiger partial charge in [0.15, 0.2) is 5.88 Å². The van der Waals surface area contributed by atoms with Crippen LogP contribution in [-0.4, -0.2) is 76.9 Å². The minimum absolute atomic E-state index is 0.123. The fourth-order valence-corrected chi connectivity index (χ4v) is 6.10. The molecule has 41 heavy (non-hydrogen) atoms. The Bertz CT molecular complexity index is 1040. The Morgan fingerprint density at radius 2 is 1.88 bits per heavy atom. The summed E-state index contributed by atoms with van der Waals surface area (Å²) in [5.41, 5.74) is 19.0. The molecule has 11 nitrogen and oxygen atoms in total. The minimum atomic E-state index is -1.10. The summed E-state index contributed by atoms with van der Waals surface area (Å²) in [5, 5.41) is 36.0. The maximum atomic E-state index is 11.3. The lowest BCUT2D eigenvalue weighted by atomic mass is 9.73. The first kappa shape index (κ1) is 31.6. The van der Waals surface area contributed by atoms with E-state index in [0.29, 0.717) is 62.6 Å². The van der Waals surface area contributed by atoms with Crippen LogP contribution in [0.25, 0.3) is 0 Å². The first-order valence-electron chi connectivity index (χ1n) is 14.6. The van der Waals surface area contributed by atoms with Crippen molar-refractivity contribution in [3.63, 3.8) is 0 Å². The molecule has 1 aliphatic carbocycles. The van der Waals surface area contributed by atoms with Gasteiger partial charge in [-0.15, -0.1) is 0 Å². The quantitative estimate of drug-likeness (QED) is 0.148. The lowest BCUT2D eigenvalue weighted by Crippen LogP contribution is -2.58. The van der Waals surface area contributed by atoms with Crippen molar-refractivity contribution in [1.29, 1.82) is 0 Å². The number of nitrogen functional groups attached to an aromatic ring is 1. The van der Waals surface area contributed by atoms with Crippen LogP contribution in [-0.2, 0) is 25.6 Å². The molecule has 1 aromatic carbocycles. The van der Waals surface area contributed by atoms with E-state index in [1.165, 1.54) is 0 Å². The van der Waals surface area contributed by atoms with Gasteiger partial charge in [-0.05, 0) is 69.4 Å². The van der Waals surface area contributed by atoms with Crippen LogP contribution in [0, 0.1) is 11.8 Å². The molecule has 230 valence electrons. The van der Waals surface area contributed by atoms with Gasteiger partial charge in [-0.25, -0.2) is 0 Å². The lowest BCUT2D eigenvalue weighted by molar-refractivity contribution is -0.223. The lowest BCUT2D eigenvalue weighted by Gasteiger charge is -2.47. The molecular weight excluding hydrogens is 528 g/mol. The number of hydrogen-bond acceptors (Lipinski definition) is 11. The molecule has 0 spiro atoms. The molecule has 3 aliphatic rings. The van der Waals surface area contributed by atoms with E-state index >= 15 is 0 Å². The summed E-state index contributed by atoms with van der Waals surface area (Å²) in [7, 11) is 0. The zero-order chi connectivity index (χ0) is 29.7. The Labute approximate surface area is 242 Å². The molecule has 2 aliphatic heterocycles. The summed E-state index contributed by atoms with van der Waals surface area (Å²) in [6.45, 7) is 8.35. The van der Waals surface area contributed by atoms with E-state index in [2.05, 4.69) is 11.9 Å². The standard InChI is InChI=1S/C30H48N4O7/c1-4-22-28(36)26(39-16-30(22,3)37)13-21-23(32)11-12-25(27(21)35)41-29-24(33)10-9-20(40-29)14-34-17(2)38-15-18-5-7-19(31)8-6-18/h5-9,21-29,34-37H,2,4,10-16,31-33H2,1,3H3/t21-,22+,23?,24+,25+,26?,27?,28+,29+,30-/m0/s1. The SMILES string of the molecule is C=C(NCC1=CC[C@@H](N)[C@@H](O[C@@H]2CCC(N)[C@H](CC3OC[C@](C)(O)[C@H](CC)[C@H]3O)C2O)O1)OCc1ccc(N)cc1. The van der Waals surface area contributed by atoms with Crippen molar-refractivity contribution < 1.29 is 34.3 Å². The van der Waals surface area contributed by atoms with Gasteiger partial charge in [0.1, 0.15) is 12.4 Å². The molecule has 0 amide bonds. The van der Waals surface area contributed by atoms with Crippen LogP contribution in [0.15, 0.2) is 48.6 Å². The fraction of sp³-hybridized carbons (Fsp3) is 0.667. The van der Waals surface area contributed by atoms with Crippen LogP contribution in [0.4, 0.5) is 5.69 Å². The Hall–Kier alpha value is -2.38. The van der Waals surface area contributed by atoms with Gasteiger partial charge in [0.25, 0.3) is 0 Å². The van der Waals surface area contributed by atoms with Crippen molar-refractivity contribution in [2.75, 3.05) is 18.9 Å². The van der Waals surface area contributed by atoms with Crippen LogP contribution in [0.1, 0.15) is 51.5 Å². The van der Waals surface area contributed by atoms with Gasteiger partial charge in [0.05, 0.1) is 49.2 Å². The van der Waals surface area contributed by atoms with Crippen LogP contribution >= 0.6 is 0 Å². The van der Waals surface area contributed by atoms with Gasteiger partial charge < -0.3 is 56.8 Å². The second-order valence-corrected chi connectivity index (χ2v) is 11.9. The smallest absolute Gasteiger partial charge is 0.215 e. The van der Waals surface area contributed by atoms with Crippen molar-refractivity contribution in [2.24, 2.45) is 23.3 Å². The highest BCUT2D eigenvalue weighted by Crippen LogP contribution is 2.38. The first-order chi connectivity index (χ1) is 19.5. The van der Waals surface area contributed by atoms with Gasteiger partial charge >= 0.3 is 0 Å². The van der Waals surface area contributed by atoms with Crippen molar-refractivity contribution in [2.45, 2.75) is 101 Å². The summed E-state index contributed by atoms with van der Waals surface area (Å²) >= 11 is 0. The molecule has 1 saturated heterocycles. The van der Waals surface area contributed by atoms with Gasteiger partial charge in [-0.1, -0.05) is 19.1 Å². The molecule has 0 radical (unpaired) electrons. The van der Waals surface area contributed by atoms with Gasteiger partial charge in [0, 0.05) is 23.6 Å². The monoisotopic (exact) mass is 576 g/mol. The highest BCUT2D eigenvalue weighted by atomic mass is 16.7. The molecule has 2 heterocycles. The van der Waals surface area contributed by atoms with Crippen LogP contribution in [0.3, 0.4) is 0 Å². The normalized spacial score (nSPS) is 37.5. The van der Waals surface area contributed by atoms with Crippen molar-refractivity contribution in [3.8, 4) is 0 Å². The molecule has 10 N–H and O–H groups in total. The predicted octanol–water partition coefficient (Wildman–Crippen LogP) is 1.21. The third kappa shape index (κ3) is 7.92. The Morgan fingerprint density at radius 1 is 1.15 bits per heavy atom. The van der Waals surface area contributed by atoms with E-state index in [1.54, 1.807) is 6.92 Å². The number of nitrogens with one attached hydrogen (secondary N) is 1. The average molecular weight is 577 g/mol. The third-order valence-corrected chi connectivity index (χ3v) is 8.68. The molecule has 0 aromatic heterocycles. The maximum absolute atomic E-state index is 11.3. The van der Waals surface area contributed by atoms with Crippen LogP contribution < -0.4 is 22.5 Å². The van der Waals surface area contributed by atoms with E-state index in [1.807, 2.05) is 37.3 Å². The number of aliphatic hydroxyl groups excluding tert-OH is 2. The minimum Gasteiger partial charge on any atom is -0.475 e. The molecule has 10 atom stereocenters. The number of benzene rings is 1. The van der Waals surface area contributed by atoms with Gasteiger partial charge in [-0.2, -0.15) is 0 Å². The van der Waals surface area contributed by atoms with Crippen molar-refractivity contribution in [1.82, 2.24) is 5.32 Å². The number of aliphatic hydroxyl groups is 3. The largest absolute Gasteiger partial charge is 0.475 e. The summed E-state index contributed by atoms with van der Waals surface area (Å²) in [6, 6.07) is 6.75. The molecule has 1 saturated carbocycles. The molecule has 4 rings (SSSR count). The highest BCUT2D eigenvalue weighted by Gasteiger charge is 2.48. The fourth-order valence-electron chi connectivity index (χ4n) is 6.10. The van der Waals surface area contributed by atoms with Gasteiger partial charge in [-0.3, -0.25) is 0 Å². The predicted molar refractivity (Wildman–Crippen MR) is 155 cm³/mol. The summed E-state index contributed by atoms with van der Waals surface area (Å²) in [6.07, 6.45) is 1.07. The average Bonchev–Trinajstić information content (AvgIpc) is 2.93. The second kappa shape index (κ2) is 13.7. The highest BCUT2D eigenvalue weighted by molar-refractivity contribution is 5.39. The Morgan fingerprint density at radius 3 is 2.59 bits per heavy atom. The molecular formula is C30H48N4O7. The zero-order valence-electron chi connectivity index (χ0n) is 24.2. The first-order valence-corrected chi connectivity index (χ1v) is 14.6. The maximum Gasteiger partial charge on any atom is 0.215 e. The van der Waals surface area contributed by atoms with Crippen LogP contribution in [0.5, 0.6) is 0 Å². The number of ether oxygens (including phenoxy) is 4. The van der Waals surface area contributed by atoms with Crippen molar-refractivity contribution in [3.05, 3.63) is 54.1 Å². The summed E-state index contributed by atoms with van der Waals surface area (Å²) < 4.78 is 23.9. The Kier molecular flexibility index (Phi) is 10.6. The number of rotatable bonds is 11. The van der Waals surface area contributed by atoms with Crippen molar-refractivity contribution >= 4 is 5.69 Å².